The molecule has 0 saturated carbocycles. The van der Waals surface area contributed by atoms with Crippen molar-refractivity contribution in [2.45, 2.75) is 11.8 Å². The van der Waals surface area contributed by atoms with Crippen LogP contribution < -0.4 is 14.8 Å². The summed E-state index contributed by atoms with van der Waals surface area (Å²) in [5, 5.41) is 2.79. The maximum absolute atomic E-state index is 12.8. The minimum Gasteiger partial charge on any atom is -0.497 e. The van der Waals surface area contributed by atoms with E-state index in [0.717, 1.165) is 5.56 Å². The third-order valence-corrected chi connectivity index (χ3v) is 6.08. The molecular weight excluding hydrogens is 412 g/mol. The number of carbonyl (C=O) groups excluding carboxylic acids is 1. The normalized spacial score (nSPS) is 11.0. The van der Waals surface area contributed by atoms with Crippen molar-refractivity contribution in [3.8, 4) is 5.75 Å². The first-order chi connectivity index (χ1) is 13.8. The Hall–Kier alpha value is -3.03. The predicted molar refractivity (Wildman–Crippen MR) is 114 cm³/mol. The average molecular weight is 431 g/mol. The number of nitrogens with one attached hydrogen (secondary N) is 2. The van der Waals surface area contributed by atoms with Crippen LogP contribution in [0.2, 0.25) is 5.02 Å². The second-order valence-electron chi connectivity index (χ2n) is 6.25. The van der Waals surface area contributed by atoms with Crippen LogP contribution in [0.25, 0.3) is 0 Å². The summed E-state index contributed by atoms with van der Waals surface area (Å²) < 4.78 is 33.1. The summed E-state index contributed by atoms with van der Waals surface area (Å²) in [5.74, 6) is 0.165. The van der Waals surface area contributed by atoms with Gasteiger partial charge in [-0.15, -0.1) is 0 Å². The zero-order chi connectivity index (χ0) is 21.0. The van der Waals surface area contributed by atoms with Crippen LogP contribution in [0.1, 0.15) is 15.9 Å². The average Bonchev–Trinajstić information content (AvgIpc) is 2.70. The summed E-state index contributed by atoms with van der Waals surface area (Å²) in [6, 6.07) is 17.8. The summed E-state index contributed by atoms with van der Waals surface area (Å²) in [5.41, 5.74) is 2.06. The first kappa shape index (κ1) is 20.7. The Morgan fingerprint density at radius 1 is 1.00 bits per heavy atom. The summed E-state index contributed by atoms with van der Waals surface area (Å²) in [7, 11) is -2.48. The number of halogens is 1. The topological polar surface area (TPSA) is 84.5 Å². The molecule has 0 unspecified atom stereocenters. The maximum atomic E-state index is 12.8. The van der Waals surface area contributed by atoms with Crippen LogP contribution in [0.15, 0.2) is 71.6 Å². The van der Waals surface area contributed by atoms with Gasteiger partial charge >= 0.3 is 0 Å². The van der Waals surface area contributed by atoms with Crippen molar-refractivity contribution in [2.75, 3.05) is 17.1 Å². The van der Waals surface area contributed by atoms with E-state index in [-0.39, 0.29) is 15.5 Å². The molecule has 0 radical (unpaired) electrons. The van der Waals surface area contributed by atoms with Gasteiger partial charge in [-0.05, 0) is 61.0 Å². The predicted octanol–water partition coefficient (Wildman–Crippen LogP) is 4.71. The third-order valence-electron chi connectivity index (χ3n) is 4.22. The van der Waals surface area contributed by atoms with E-state index >= 15 is 0 Å². The van der Waals surface area contributed by atoms with Crippen molar-refractivity contribution in [3.05, 3.63) is 82.9 Å². The van der Waals surface area contributed by atoms with Gasteiger partial charge in [0.2, 0.25) is 0 Å². The number of anilines is 2. The van der Waals surface area contributed by atoms with Crippen molar-refractivity contribution in [1.29, 1.82) is 0 Å². The highest BCUT2D eigenvalue weighted by atomic mass is 35.5. The fraction of sp³-hybridized carbons (Fsp3) is 0.0952. The quantitative estimate of drug-likeness (QED) is 0.593. The zero-order valence-electron chi connectivity index (χ0n) is 15.8. The van der Waals surface area contributed by atoms with Crippen LogP contribution in [0, 0.1) is 6.92 Å². The molecule has 0 heterocycles. The zero-order valence-corrected chi connectivity index (χ0v) is 17.3. The van der Waals surface area contributed by atoms with Gasteiger partial charge in [-0.3, -0.25) is 9.52 Å². The first-order valence-electron chi connectivity index (χ1n) is 8.63. The van der Waals surface area contributed by atoms with Crippen LogP contribution in [-0.2, 0) is 10.0 Å². The molecule has 0 aromatic heterocycles. The number of carbonyl (C=O) groups is 1. The monoisotopic (exact) mass is 430 g/mol. The third kappa shape index (κ3) is 4.88. The van der Waals surface area contributed by atoms with Gasteiger partial charge in [0.25, 0.3) is 15.9 Å². The van der Waals surface area contributed by atoms with E-state index in [4.69, 9.17) is 16.3 Å². The smallest absolute Gasteiger partial charge is 0.263 e. The molecule has 6 nitrogen and oxygen atoms in total. The van der Waals surface area contributed by atoms with Gasteiger partial charge in [0.15, 0.2) is 0 Å². The van der Waals surface area contributed by atoms with Crippen molar-refractivity contribution in [2.24, 2.45) is 0 Å². The number of hydrogen-bond donors (Lipinski definition) is 2. The molecule has 0 fully saturated rings. The summed E-state index contributed by atoms with van der Waals surface area (Å²) in [4.78, 5) is 12.4. The Balaban J connectivity index is 1.87. The number of methoxy groups -OCH3 is 1. The van der Waals surface area contributed by atoms with E-state index in [9.17, 15) is 13.2 Å². The minimum atomic E-state index is -4.00. The number of ether oxygens (including phenoxy) is 1. The Morgan fingerprint density at radius 2 is 1.69 bits per heavy atom. The molecule has 0 atom stereocenters. The molecule has 0 aliphatic heterocycles. The van der Waals surface area contributed by atoms with E-state index in [1.54, 1.807) is 36.4 Å². The van der Waals surface area contributed by atoms with Crippen molar-refractivity contribution in [3.63, 3.8) is 0 Å². The second-order valence-corrected chi connectivity index (χ2v) is 8.31. The van der Waals surface area contributed by atoms with E-state index in [2.05, 4.69) is 10.0 Å². The SMILES string of the molecule is COc1ccc(NS(=O)(=O)c2cc(C(=O)Nc3ccccc3C)ccc2Cl)cc1. The van der Waals surface area contributed by atoms with Gasteiger partial charge < -0.3 is 10.1 Å². The number of rotatable bonds is 6. The van der Waals surface area contributed by atoms with Crippen molar-refractivity contribution in [1.82, 2.24) is 0 Å². The van der Waals surface area contributed by atoms with Gasteiger partial charge in [-0.2, -0.15) is 0 Å². The lowest BCUT2D eigenvalue weighted by Gasteiger charge is -2.12. The van der Waals surface area contributed by atoms with Crippen LogP contribution in [0.5, 0.6) is 5.75 Å². The van der Waals surface area contributed by atoms with Gasteiger partial charge in [0.1, 0.15) is 10.6 Å². The molecule has 0 aliphatic carbocycles. The second kappa shape index (κ2) is 8.55. The van der Waals surface area contributed by atoms with Crippen molar-refractivity contribution >= 4 is 38.9 Å². The van der Waals surface area contributed by atoms with E-state index in [1.165, 1.54) is 25.3 Å². The van der Waals surface area contributed by atoms with Crippen LogP contribution in [0.4, 0.5) is 11.4 Å². The molecule has 0 spiro atoms. The molecule has 150 valence electrons. The lowest BCUT2D eigenvalue weighted by Crippen LogP contribution is -2.16. The van der Waals surface area contributed by atoms with E-state index in [0.29, 0.717) is 17.1 Å². The lowest BCUT2D eigenvalue weighted by atomic mass is 10.1. The molecule has 3 aromatic rings. The maximum Gasteiger partial charge on any atom is 0.263 e. The number of sulfonamides is 1. The van der Waals surface area contributed by atoms with Crippen LogP contribution in [-0.4, -0.2) is 21.4 Å². The Kier molecular flexibility index (Phi) is 6.10. The Bertz CT molecular complexity index is 1150. The molecule has 8 heteroatoms. The lowest BCUT2D eigenvalue weighted by molar-refractivity contribution is 0.102. The van der Waals surface area contributed by atoms with Crippen molar-refractivity contribution < 1.29 is 17.9 Å². The molecule has 0 aliphatic rings. The van der Waals surface area contributed by atoms with Gasteiger partial charge in [-0.25, -0.2) is 8.42 Å². The molecule has 1 amide bonds. The molecule has 0 saturated heterocycles. The van der Waals surface area contributed by atoms with Crippen LogP contribution in [0.3, 0.4) is 0 Å². The molecule has 3 rings (SSSR count). The number of para-hydroxylation sites is 1. The van der Waals surface area contributed by atoms with Crippen LogP contribution >= 0.6 is 11.6 Å². The van der Waals surface area contributed by atoms with E-state index < -0.39 is 15.9 Å². The molecule has 0 bridgehead atoms. The first-order valence-corrected chi connectivity index (χ1v) is 10.5. The number of aryl methyl sites for hydroxylation is 1. The Morgan fingerprint density at radius 3 is 2.34 bits per heavy atom. The largest absolute Gasteiger partial charge is 0.497 e. The highest BCUT2D eigenvalue weighted by molar-refractivity contribution is 7.92. The fourth-order valence-electron chi connectivity index (χ4n) is 2.63. The number of benzene rings is 3. The minimum absolute atomic E-state index is 0.0125. The number of amides is 1. The van der Waals surface area contributed by atoms with Gasteiger partial charge in [0, 0.05) is 16.9 Å². The Labute approximate surface area is 174 Å². The van der Waals surface area contributed by atoms with E-state index in [1.807, 2.05) is 19.1 Å². The highest BCUT2D eigenvalue weighted by Crippen LogP contribution is 2.26. The molecule has 2 N–H and O–H groups in total. The standard InChI is InChI=1S/C21H19ClN2O4S/c1-14-5-3-4-6-19(14)23-21(25)15-7-12-18(22)20(13-15)29(26,27)24-16-8-10-17(28-2)11-9-16/h3-13,24H,1-2H3,(H,23,25). The number of hydrogen-bond acceptors (Lipinski definition) is 4. The summed E-state index contributed by atoms with van der Waals surface area (Å²) in [6.07, 6.45) is 0. The van der Waals surface area contributed by atoms with Gasteiger partial charge in [-0.1, -0.05) is 29.8 Å². The van der Waals surface area contributed by atoms with Gasteiger partial charge in [0.05, 0.1) is 12.1 Å². The summed E-state index contributed by atoms with van der Waals surface area (Å²) >= 11 is 6.11. The summed E-state index contributed by atoms with van der Waals surface area (Å²) in [6.45, 7) is 1.87. The highest BCUT2D eigenvalue weighted by Gasteiger charge is 2.21. The molecular formula is C21H19ClN2O4S. The molecule has 29 heavy (non-hydrogen) atoms. The fourth-order valence-corrected chi connectivity index (χ4v) is 4.21. The molecule has 3 aromatic carbocycles.